The molecular formula is C26H30BF3O3. The lowest BCUT2D eigenvalue weighted by molar-refractivity contribution is -0.137. The third-order valence-corrected chi connectivity index (χ3v) is 6.92. The second kappa shape index (κ2) is 8.84. The van der Waals surface area contributed by atoms with E-state index in [1.807, 2.05) is 58.0 Å². The second-order valence-corrected chi connectivity index (χ2v) is 9.78. The highest BCUT2D eigenvalue weighted by molar-refractivity contribution is 6.56. The van der Waals surface area contributed by atoms with Gasteiger partial charge in [0.15, 0.2) is 0 Å². The number of benzene rings is 2. The van der Waals surface area contributed by atoms with Gasteiger partial charge in [-0.1, -0.05) is 30.3 Å². The molecule has 3 nitrogen and oxygen atoms in total. The molecule has 0 atom stereocenters. The summed E-state index contributed by atoms with van der Waals surface area (Å²) in [6.07, 6.45) is -1.22. The predicted octanol–water partition coefficient (Wildman–Crippen LogP) is 7.24. The summed E-state index contributed by atoms with van der Waals surface area (Å²) in [5, 5.41) is 0. The van der Waals surface area contributed by atoms with E-state index in [4.69, 9.17) is 14.0 Å². The van der Waals surface area contributed by atoms with Crippen LogP contribution in [0.5, 0.6) is 5.75 Å². The number of rotatable bonds is 5. The number of halogens is 3. The largest absolute Gasteiger partial charge is 0.490 e. The van der Waals surface area contributed by atoms with Crippen molar-refractivity contribution >= 4 is 12.7 Å². The molecule has 0 radical (unpaired) electrons. The zero-order valence-electron chi connectivity index (χ0n) is 19.6. The molecular weight excluding hydrogens is 428 g/mol. The zero-order valence-corrected chi connectivity index (χ0v) is 19.6. The average Bonchev–Trinajstić information content (AvgIpc) is 2.99. The van der Waals surface area contributed by atoms with Crippen LogP contribution in [0.25, 0.3) is 5.57 Å². The highest BCUT2D eigenvalue weighted by Gasteiger charge is 2.53. The van der Waals surface area contributed by atoms with Crippen molar-refractivity contribution in [2.24, 2.45) is 0 Å². The molecule has 33 heavy (non-hydrogen) atoms. The summed E-state index contributed by atoms with van der Waals surface area (Å²) < 4.78 is 59.4. The molecule has 2 aliphatic rings. The monoisotopic (exact) mass is 458 g/mol. The van der Waals surface area contributed by atoms with Crippen molar-refractivity contribution in [3.05, 3.63) is 70.7 Å². The van der Waals surface area contributed by atoms with Gasteiger partial charge in [0.05, 0.1) is 16.8 Å². The fraction of sp³-hybridized carbons (Fsp3) is 0.462. The smallest absolute Gasteiger partial charge is 0.488 e. The van der Waals surface area contributed by atoms with Gasteiger partial charge in [0, 0.05) is 5.56 Å². The molecule has 7 heteroatoms. The van der Waals surface area contributed by atoms with Crippen molar-refractivity contribution in [1.29, 1.82) is 0 Å². The first kappa shape index (κ1) is 23.9. The van der Waals surface area contributed by atoms with Gasteiger partial charge in [0.1, 0.15) is 12.4 Å². The van der Waals surface area contributed by atoms with E-state index >= 15 is 0 Å². The zero-order chi connectivity index (χ0) is 23.9. The molecule has 1 fully saturated rings. The van der Waals surface area contributed by atoms with Gasteiger partial charge in [-0.3, -0.25) is 0 Å². The first-order valence-corrected chi connectivity index (χ1v) is 11.4. The van der Waals surface area contributed by atoms with Crippen LogP contribution in [-0.4, -0.2) is 18.3 Å². The summed E-state index contributed by atoms with van der Waals surface area (Å²) in [6, 6.07) is 13.3. The third-order valence-electron chi connectivity index (χ3n) is 6.92. The topological polar surface area (TPSA) is 27.7 Å². The van der Waals surface area contributed by atoms with E-state index in [2.05, 4.69) is 0 Å². The van der Waals surface area contributed by atoms with Gasteiger partial charge < -0.3 is 14.0 Å². The highest BCUT2D eigenvalue weighted by Crippen LogP contribution is 2.45. The van der Waals surface area contributed by atoms with E-state index in [1.165, 1.54) is 12.1 Å². The Bertz CT molecular complexity index is 1010. The van der Waals surface area contributed by atoms with Crippen LogP contribution >= 0.6 is 0 Å². The number of alkyl halides is 3. The molecule has 2 aromatic rings. The van der Waals surface area contributed by atoms with Gasteiger partial charge in [-0.25, -0.2) is 0 Å². The predicted molar refractivity (Wildman–Crippen MR) is 124 cm³/mol. The van der Waals surface area contributed by atoms with E-state index < -0.39 is 30.1 Å². The average molecular weight is 458 g/mol. The molecule has 176 valence electrons. The summed E-state index contributed by atoms with van der Waals surface area (Å²) in [7, 11) is -0.582. The lowest BCUT2D eigenvalue weighted by Gasteiger charge is -2.32. The Hall–Kier alpha value is -2.25. The van der Waals surface area contributed by atoms with Crippen LogP contribution in [-0.2, 0) is 22.1 Å². The Morgan fingerprint density at radius 1 is 0.909 bits per heavy atom. The lowest BCUT2D eigenvalue weighted by Crippen LogP contribution is -2.41. The minimum absolute atomic E-state index is 0.276. The normalized spacial score (nSPS) is 20.3. The first-order chi connectivity index (χ1) is 15.5. The quantitative estimate of drug-likeness (QED) is 0.442. The molecule has 0 spiro atoms. The van der Waals surface area contributed by atoms with E-state index in [0.29, 0.717) is 17.7 Å². The fourth-order valence-corrected chi connectivity index (χ4v) is 4.29. The Morgan fingerprint density at radius 2 is 1.55 bits per heavy atom. The van der Waals surface area contributed by atoms with Gasteiger partial charge >= 0.3 is 13.3 Å². The maximum Gasteiger partial charge on any atom is 0.490 e. The van der Waals surface area contributed by atoms with E-state index in [1.54, 1.807) is 0 Å². The van der Waals surface area contributed by atoms with Crippen LogP contribution < -0.4 is 4.74 Å². The van der Waals surface area contributed by atoms with Crippen LogP contribution in [0.15, 0.2) is 54.0 Å². The minimum Gasteiger partial charge on any atom is -0.488 e. The van der Waals surface area contributed by atoms with Crippen molar-refractivity contribution in [3.8, 4) is 5.75 Å². The molecule has 0 unspecified atom stereocenters. The van der Waals surface area contributed by atoms with Crippen LogP contribution in [0.1, 0.15) is 70.1 Å². The van der Waals surface area contributed by atoms with Gasteiger partial charge in [-0.2, -0.15) is 13.2 Å². The Kier molecular flexibility index (Phi) is 6.40. The number of ether oxygens (including phenoxy) is 1. The SMILES string of the molecule is CC1(C)OB(C2=C(c3cc(C(F)(F)F)ccc3OCc3ccccc3)CCCC2)OC1(C)C. The summed E-state index contributed by atoms with van der Waals surface area (Å²) in [6.45, 7) is 8.20. The van der Waals surface area contributed by atoms with Crippen molar-refractivity contribution in [1.82, 2.24) is 0 Å². The van der Waals surface area contributed by atoms with Crippen LogP contribution in [0.3, 0.4) is 0 Å². The molecule has 2 aromatic carbocycles. The molecule has 1 saturated heterocycles. The molecule has 0 N–H and O–H groups in total. The maximum atomic E-state index is 13.6. The molecule has 1 aliphatic carbocycles. The number of allylic oxidation sites excluding steroid dienone is 2. The van der Waals surface area contributed by atoms with Gasteiger partial charge in [0.25, 0.3) is 0 Å². The summed E-state index contributed by atoms with van der Waals surface area (Å²) >= 11 is 0. The highest BCUT2D eigenvalue weighted by atomic mass is 19.4. The first-order valence-electron chi connectivity index (χ1n) is 11.4. The van der Waals surface area contributed by atoms with Crippen LogP contribution in [0.4, 0.5) is 13.2 Å². The van der Waals surface area contributed by atoms with Gasteiger partial charge in [-0.15, -0.1) is 0 Å². The molecule has 0 saturated carbocycles. The molecule has 0 bridgehead atoms. The van der Waals surface area contributed by atoms with Crippen molar-refractivity contribution < 1.29 is 27.2 Å². The van der Waals surface area contributed by atoms with Gasteiger partial charge in [0.2, 0.25) is 0 Å². The summed E-state index contributed by atoms with van der Waals surface area (Å²) in [5.41, 5.74) is 1.47. The van der Waals surface area contributed by atoms with E-state index in [0.717, 1.165) is 41.9 Å². The molecule has 1 heterocycles. The fourth-order valence-electron chi connectivity index (χ4n) is 4.29. The lowest BCUT2D eigenvalue weighted by atomic mass is 9.68. The summed E-state index contributed by atoms with van der Waals surface area (Å²) in [4.78, 5) is 0. The Balaban J connectivity index is 1.76. The summed E-state index contributed by atoms with van der Waals surface area (Å²) in [5.74, 6) is 0.442. The van der Waals surface area contributed by atoms with Crippen LogP contribution in [0.2, 0.25) is 0 Å². The molecule has 1 aliphatic heterocycles. The number of hydrogen-bond donors (Lipinski definition) is 0. The molecule has 0 aromatic heterocycles. The van der Waals surface area contributed by atoms with Crippen molar-refractivity contribution in [2.45, 2.75) is 77.4 Å². The standard InChI is InChI=1S/C26H30BF3O3/c1-24(2)25(3,4)33-27(32-24)22-13-9-8-12-20(22)21-16-19(26(28,29)30)14-15-23(21)31-17-18-10-6-5-7-11-18/h5-7,10-11,14-16H,8-9,12-13,17H2,1-4H3. The minimum atomic E-state index is -4.44. The molecule has 4 rings (SSSR count). The Morgan fingerprint density at radius 3 is 2.18 bits per heavy atom. The van der Waals surface area contributed by atoms with Crippen molar-refractivity contribution in [2.75, 3.05) is 0 Å². The number of hydrogen-bond acceptors (Lipinski definition) is 3. The second-order valence-electron chi connectivity index (χ2n) is 9.78. The van der Waals surface area contributed by atoms with E-state index in [-0.39, 0.29) is 6.61 Å². The van der Waals surface area contributed by atoms with E-state index in [9.17, 15) is 13.2 Å². The third kappa shape index (κ3) is 4.99. The maximum absolute atomic E-state index is 13.6. The molecule has 0 amide bonds. The van der Waals surface area contributed by atoms with Crippen LogP contribution in [0, 0.1) is 0 Å². The van der Waals surface area contributed by atoms with Crippen molar-refractivity contribution in [3.63, 3.8) is 0 Å². The Labute approximate surface area is 194 Å². The van der Waals surface area contributed by atoms with Gasteiger partial charge in [-0.05, 0) is 88.2 Å².